The van der Waals surface area contributed by atoms with Gasteiger partial charge in [-0.3, -0.25) is 0 Å². The molecule has 6 nitrogen and oxygen atoms in total. The molecule has 0 bridgehead atoms. The number of hydrogen-bond donors (Lipinski definition) is 1. The minimum atomic E-state index is -3.34. The lowest BCUT2D eigenvalue weighted by atomic mass is 9.99. The fourth-order valence-corrected chi connectivity index (χ4v) is 5.73. The zero-order valence-corrected chi connectivity index (χ0v) is 14.6. The van der Waals surface area contributed by atoms with Gasteiger partial charge in [0.05, 0.1) is 22.3 Å². The highest BCUT2D eigenvalue weighted by Gasteiger charge is 2.72. The first-order valence-electron chi connectivity index (χ1n) is 7.28. The Labute approximate surface area is 140 Å². The summed E-state index contributed by atoms with van der Waals surface area (Å²) in [6.45, 7) is 2.67. The molecule has 1 heterocycles. The third-order valence-corrected chi connectivity index (χ3v) is 6.47. The SMILES string of the molecule is CCOC[C@]1(C(N)=S)[C@@H](c2ccc3c(c2)OCO3)[C@@H]1S(C)(=O)=O. The van der Waals surface area contributed by atoms with Crippen molar-refractivity contribution in [3.8, 4) is 11.5 Å². The molecule has 23 heavy (non-hydrogen) atoms. The first-order chi connectivity index (χ1) is 10.8. The lowest BCUT2D eigenvalue weighted by Crippen LogP contribution is -2.33. The van der Waals surface area contributed by atoms with Crippen LogP contribution in [0.1, 0.15) is 18.4 Å². The van der Waals surface area contributed by atoms with Crippen molar-refractivity contribution in [3.05, 3.63) is 23.8 Å². The van der Waals surface area contributed by atoms with E-state index in [1.807, 2.05) is 13.0 Å². The summed E-state index contributed by atoms with van der Waals surface area (Å²) in [4.78, 5) is 0.170. The van der Waals surface area contributed by atoms with Crippen LogP contribution in [0, 0.1) is 5.41 Å². The van der Waals surface area contributed by atoms with E-state index in [4.69, 9.17) is 32.2 Å². The van der Waals surface area contributed by atoms with Gasteiger partial charge in [0.2, 0.25) is 6.79 Å². The topological polar surface area (TPSA) is 87.8 Å². The van der Waals surface area contributed by atoms with E-state index < -0.39 is 20.5 Å². The van der Waals surface area contributed by atoms with Crippen LogP contribution in [0.15, 0.2) is 18.2 Å². The van der Waals surface area contributed by atoms with Crippen molar-refractivity contribution in [3.63, 3.8) is 0 Å². The summed E-state index contributed by atoms with van der Waals surface area (Å²) >= 11 is 5.21. The van der Waals surface area contributed by atoms with Crippen molar-refractivity contribution in [2.24, 2.45) is 11.1 Å². The molecule has 126 valence electrons. The quantitative estimate of drug-likeness (QED) is 0.766. The Morgan fingerprint density at radius 2 is 2.13 bits per heavy atom. The van der Waals surface area contributed by atoms with Gasteiger partial charge in [-0.05, 0) is 24.6 Å². The summed E-state index contributed by atoms with van der Waals surface area (Å²) in [5.74, 6) is 0.919. The predicted molar refractivity (Wildman–Crippen MR) is 89.6 cm³/mol. The fourth-order valence-electron chi connectivity index (χ4n) is 3.42. The maximum atomic E-state index is 12.3. The van der Waals surface area contributed by atoms with Crippen LogP contribution in [-0.4, -0.2) is 44.9 Å². The molecule has 3 rings (SSSR count). The maximum Gasteiger partial charge on any atom is 0.231 e. The average Bonchev–Trinajstić information content (AvgIpc) is 2.97. The van der Waals surface area contributed by atoms with Crippen molar-refractivity contribution in [2.75, 3.05) is 26.3 Å². The Bertz CT molecular complexity index is 748. The molecule has 1 aliphatic heterocycles. The molecular formula is C15H19NO5S2. The van der Waals surface area contributed by atoms with E-state index in [2.05, 4.69) is 0 Å². The van der Waals surface area contributed by atoms with E-state index in [1.54, 1.807) is 12.1 Å². The molecule has 3 atom stereocenters. The van der Waals surface area contributed by atoms with Crippen molar-refractivity contribution >= 4 is 27.0 Å². The molecule has 1 aromatic carbocycles. The largest absolute Gasteiger partial charge is 0.454 e. The molecule has 0 aromatic heterocycles. The molecule has 0 saturated heterocycles. The number of ether oxygens (including phenoxy) is 3. The molecule has 1 aliphatic carbocycles. The Morgan fingerprint density at radius 3 is 2.74 bits per heavy atom. The van der Waals surface area contributed by atoms with Crippen LogP contribution in [0.5, 0.6) is 11.5 Å². The second kappa shape index (κ2) is 5.61. The normalized spacial score (nSPS) is 28.6. The van der Waals surface area contributed by atoms with Crippen LogP contribution in [0.3, 0.4) is 0 Å². The minimum Gasteiger partial charge on any atom is -0.454 e. The van der Waals surface area contributed by atoms with Gasteiger partial charge in [-0.2, -0.15) is 0 Å². The van der Waals surface area contributed by atoms with Gasteiger partial charge in [-0.25, -0.2) is 8.42 Å². The van der Waals surface area contributed by atoms with Crippen LogP contribution in [0.2, 0.25) is 0 Å². The van der Waals surface area contributed by atoms with E-state index in [1.165, 1.54) is 6.26 Å². The second-order valence-corrected chi connectivity index (χ2v) is 8.49. The van der Waals surface area contributed by atoms with Crippen molar-refractivity contribution in [1.82, 2.24) is 0 Å². The van der Waals surface area contributed by atoms with Gasteiger partial charge >= 0.3 is 0 Å². The first-order valence-corrected chi connectivity index (χ1v) is 9.64. The summed E-state index contributed by atoms with van der Waals surface area (Å²) in [5.41, 5.74) is 5.88. The van der Waals surface area contributed by atoms with E-state index in [9.17, 15) is 8.42 Å². The van der Waals surface area contributed by atoms with Crippen LogP contribution in [-0.2, 0) is 14.6 Å². The molecule has 0 amide bonds. The molecule has 8 heteroatoms. The zero-order chi connectivity index (χ0) is 16.8. The van der Waals surface area contributed by atoms with E-state index >= 15 is 0 Å². The van der Waals surface area contributed by atoms with Gasteiger partial charge in [-0.1, -0.05) is 18.3 Å². The molecule has 2 aliphatic rings. The molecule has 0 radical (unpaired) electrons. The lowest BCUT2D eigenvalue weighted by molar-refractivity contribution is 0.121. The van der Waals surface area contributed by atoms with Crippen LogP contribution in [0.25, 0.3) is 0 Å². The first kappa shape index (κ1) is 16.5. The Morgan fingerprint density at radius 1 is 1.43 bits per heavy atom. The summed E-state index contributed by atoms with van der Waals surface area (Å²) < 4.78 is 40.7. The smallest absolute Gasteiger partial charge is 0.231 e. The number of hydrogen-bond acceptors (Lipinski definition) is 6. The van der Waals surface area contributed by atoms with Gasteiger partial charge in [-0.15, -0.1) is 0 Å². The number of thiocarbonyl (C=S) groups is 1. The summed E-state index contributed by atoms with van der Waals surface area (Å²) in [7, 11) is -3.34. The molecule has 1 fully saturated rings. The highest BCUT2D eigenvalue weighted by Crippen LogP contribution is 2.63. The minimum absolute atomic E-state index is 0.165. The van der Waals surface area contributed by atoms with Gasteiger partial charge in [0.25, 0.3) is 0 Å². The number of rotatable bonds is 6. The second-order valence-electron chi connectivity index (χ2n) is 5.88. The van der Waals surface area contributed by atoms with Crippen LogP contribution >= 0.6 is 12.2 Å². The summed E-state index contributed by atoms with van der Waals surface area (Å²) in [6, 6.07) is 5.42. The number of nitrogens with two attached hydrogens (primary N) is 1. The van der Waals surface area contributed by atoms with Crippen LogP contribution < -0.4 is 15.2 Å². The van der Waals surface area contributed by atoms with E-state index in [0.717, 1.165) is 5.56 Å². The summed E-state index contributed by atoms with van der Waals surface area (Å²) in [5, 5.41) is -0.681. The van der Waals surface area contributed by atoms with Gasteiger partial charge in [0.1, 0.15) is 0 Å². The van der Waals surface area contributed by atoms with Gasteiger partial charge in [0, 0.05) is 18.8 Å². The predicted octanol–water partition coefficient (Wildman–Crippen LogP) is 1.23. The number of benzene rings is 1. The zero-order valence-electron chi connectivity index (χ0n) is 12.9. The Kier molecular flexibility index (Phi) is 4.02. The standard InChI is InChI=1S/C15H19NO5S2/c1-3-19-7-15(14(16)22)12(13(15)23(2,17)18)9-4-5-10-11(6-9)21-8-20-10/h4-6,12-13H,3,7-8H2,1-2H3,(H2,16,22)/t12-,13-,15-/m0/s1. The van der Waals surface area contributed by atoms with Gasteiger partial charge < -0.3 is 19.9 Å². The highest BCUT2D eigenvalue weighted by molar-refractivity contribution is 7.92. The lowest BCUT2D eigenvalue weighted by Gasteiger charge is -2.16. The maximum absolute atomic E-state index is 12.3. The molecular weight excluding hydrogens is 338 g/mol. The number of fused-ring (bicyclic) bond motifs is 1. The third kappa shape index (κ3) is 2.58. The monoisotopic (exact) mass is 357 g/mol. The van der Waals surface area contributed by atoms with E-state index in [0.29, 0.717) is 18.1 Å². The molecule has 1 saturated carbocycles. The molecule has 1 aromatic rings. The Hall–Kier alpha value is -1.38. The average molecular weight is 357 g/mol. The third-order valence-electron chi connectivity index (χ3n) is 4.48. The fraction of sp³-hybridized carbons (Fsp3) is 0.533. The molecule has 2 N–H and O–H groups in total. The highest BCUT2D eigenvalue weighted by atomic mass is 32.2. The van der Waals surface area contributed by atoms with Gasteiger partial charge in [0.15, 0.2) is 21.3 Å². The van der Waals surface area contributed by atoms with E-state index in [-0.39, 0.29) is 24.3 Å². The van der Waals surface area contributed by atoms with Crippen molar-refractivity contribution in [1.29, 1.82) is 0 Å². The molecule has 0 unspecified atom stereocenters. The van der Waals surface area contributed by atoms with Crippen molar-refractivity contribution < 1.29 is 22.6 Å². The molecule has 0 spiro atoms. The van der Waals surface area contributed by atoms with Crippen LogP contribution in [0.4, 0.5) is 0 Å². The Balaban J connectivity index is 2.03. The number of sulfone groups is 1. The summed E-state index contributed by atoms with van der Waals surface area (Å²) in [6.07, 6.45) is 1.21. The van der Waals surface area contributed by atoms with Crippen molar-refractivity contribution in [2.45, 2.75) is 18.1 Å².